The van der Waals surface area contributed by atoms with Gasteiger partial charge >= 0.3 is 0 Å². The van der Waals surface area contributed by atoms with E-state index in [4.69, 9.17) is 4.74 Å². The summed E-state index contributed by atoms with van der Waals surface area (Å²) >= 11 is 1.59. The molecule has 1 aliphatic carbocycles. The number of amides is 1. The van der Waals surface area contributed by atoms with Crippen LogP contribution in [0, 0.1) is 11.7 Å². The number of rotatable bonds is 7. The minimum absolute atomic E-state index is 0.101. The van der Waals surface area contributed by atoms with Crippen LogP contribution in [0.25, 0.3) is 6.08 Å². The Balaban J connectivity index is 1.31. The van der Waals surface area contributed by atoms with Crippen molar-refractivity contribution >= 4 is 29.4 Å². The SMILES string of the molecule is C[C@@H]1CCCC[C@H]1N1C(=O)/C(=C/c2ccc(OCc3ccc(F)cc3)cc2)SC1Nc1ccccc1. The van der Waals surface area contributed by atoms with E-state index in [-0.39, 0.29) is 23.3 Å². The van der Waals surface area contributed by atoms with Crippen molar-refractivity contribution in [3.05, 3.63) is 101 Å². The zero-order valence-corrected chi connectivity index (χ0v) is 21.2. The van der Waals surface area contributed by atoms with Gasteiger partial charge in [0, 0.05) is 11.7 Å². The van der Waals surface area contributed by atoms with Crippen LogP contribution in [-0.4, -0.2) is 22.3 Å². The summed E-state index contributed by atoms with van der Waals surface area (Å²) in [6.07, 6.45) is 6.59. The molecule has 1 aliphatic heterocycles. The predicted molar refractivity (Wildman–Crippen MR) is 145 cm³/mol. The molecule has 3 aromatic carbocycles. The monoisotopic (exact) mass is 502 g/mol. The van der Waals surface area contributed by atoms with Crippen LogP contribution < -0.4 is 10.1 Å². The van der Waals surface area contributed by atoms with E-state index in [9.17, 15) is 9.18 Å². The summed E-state index contributed by atoms with van der Waals surface area (Å²) in [6.45, 7) is 2.64. The molecule has 1 unspecified atom stereocenters. The fourth-order valence-corrected chi connectivity index (χ4v) is 6.14. The number of nitrogens with zero attached hydrogens (tertiary/aromatic N) is 1. The van der Waals surface area contributed by atoms with Crippen molar-refractivity contribution in [3.8, 4) is 5.75 Å². The molecule has 36 heavy (non-hydrogen) atoms. The van der Waals surface area contributed by atoms with E-state index < -0.39 is 0 Å². The van der Waals surface area contributed by atoms with Crippen molar-refractivity contribution in [2.45, 2.75) is 50.8 Å². The second kappa shape index (κ2) is 11.2. The van der Waals surface area contributed by atoms with Crippen molar-refractivity contribution in [3.63, 3.8) is 0 Å². The Morgan fingerprint density at radius 2 is 1.72 bits per heavy atom. The number of thioether (sulfide) groups is 1. The van der Waals surface area contributed by atoms with Gasteiger partial charge in [0.2, 0.25) is 0 Å². The van der Waals surface area contributed by atoms with Crippen molar-refractivity contribution in [2.75, 3.05) is 5.32 Å². The molecule has 0 spiro atoms. The van der Waals surface area contributed by atoms with Crippen LogP contribution in [-0.2, 0) is 11.4 Å². The van der Waals surface area contributed by atoms with Gasteiger partial charge in [0.05, 0.1) is 4.91 Å². The molecule has 3 aromatic rings. The first-order chi connectivity index (χ1) is 17.6. The summed E-state index contributed by atoms with van der Waals surface area (Å²) in [5.41, 5.74) is 2.75. The molecule has 0 aromatic heterocycles. The molecule has 186 valence electrons. The zero-order chi connectivity index (χ0) is 24.9. The molecule has 1 heterocycles. The fraction of sp³-hybridized carbons (Fsp3) is 0.300. The lowest BCUT2D eigenvalue weighted by atomic mass is 9.85. The highest BCUT2D eigenvalue weighted by molar-refractivity contribution is 8.05. The van der Waals surface area contributed by atoms with Crippen LogP contribution in [0.3, 0.4) is 0 Å². The molecule has 4 nitrogen and oxygen atoms in total. The number of benzene rings is 3. The molecule has 2 aliphatic rings. The van der Waals surface area contributed by atoms with E-state index in [0.29, 0.717) is 12.5 Å². The first kappa shape index (κ1) is 24.4. The van der Waals surface area contributed by atoms with Gasteiger partial charge in [0.15, 0.2) is 5.50 Å². The Hall–Kier alpha value is -3.25. The van der Waals surface area contributed by atoms with E-state index >= 15 is 0 Å². The number of ether oxygens (including phenoxy) is 1. The van der Waals surface area contributed by atoms with Gasteiger partial charge in [-0.1, -0.05) is 74.0 Å². The lowest BCUT2D eigenvalue weighted by molar-refractivity contribution is -0.129. The molecule has 1 amide bonds. The smallest absolute Gasteiger partial charge is 0.262 e. The number of carbonyl (C=O) groups excluding carboxylic acids is 1. The number of carbonyl (C=O) groups is 1. The van der Waals surface area contributed by atoms with Gasteiger partial charge in [-0.05, 0) is 72.4 Å². The average Bonchev–Trinajstić information content (AvgIpc) is 3.19. The summed E-state index contributed by atoms with van der Waals surface area (Å²) in [5.74, 6) is 1.06. The highest BCUT2D eigenvalue weighted by Gasteiger charge is 2.42. The summed E-state index contributed by atoms with van der Waals surface area (Å²) < 4.78 is 18.9. The third-order valence-corrected chi connectivity index (χ3v) is 8.04. The van der Waals surface area contributed by atoms with Gasteiger partial charge < -0.3 is 15.0 Å². The third-order valence-electron chi connectivity index (χ3n) is 6.92. The Morgan fingerprint density at radius 1 is 1.00 bits per heavy atom. The van der Waals surface area contributed by atoms with Crippen molar-refractivity contribution in [1.29, 1.82) is 0 Å². The van der Waals surface area contributed by atoms with E-state index in [1.807, 2.05) is 60.7 Å². The molecule has 5 rings (SSSR count). The number of anilines is 1. The topological polar surface area (TPSA) is 41.6 Å². The first-order valence-electron chi connectivity index (χ1n) is 12.6. The van der Waals surface area contributed by atoms with Crippen LogP contribution in [0.15, 0.2) is 83.8 Å². The van der Waals surface area contributed by atoms with E-state index in [2.05, 4.69) is 17.1 Å². The van der Waals surface area contributed by atoms with Crippen molar-refractivity contribution in [1.82, 2.24) is 4.90 Å². The molecule has 6 heteroatoms. The second-order valence-corrected chi connectivity index (χ2v) is 10.6. The minimum Gasteiger partial charge on any atom is -0.489 e. The lowest BCUT2D eigenvalue weighted by Crippen LogP contribution is -2.48. The summed E-state index contributed by atoms with van der Waals surface area (Å²) in [4.78, 5) is 16.5. The molecule has 3 atom stereocenters. The summed E-state index contributed by atoms with van der Waals surface area (Å²) in [6, 6.07) is 24.4. The van der Waals surface area contributed by atoms with E-state index in [0.717, 1.165) is 40.3 Å². The molecule has 1 saturated carbocycles. The maximum atomic E-state index is 13.7. The zero-order valence-electron chi connectivity index (χ0n) is 20.4. The van der Waals surface area contributed by atoms with Crippen LogP contribution in [0.4, 0.5) is 10.1 Å². The standard InChI is InChI=1S/C30H31FN2O2S/c1-21-7-5-6-10-27(21)33-29(34)28(36-30(33)32-25-8-3-2-4-9-25)19-22-13-17-26(18-14-22)35-20-23-11-15-24(31)16-12-23/h2-4,8-9,11-19,21,27,30,32H,5-7,10,20H2,1H3/b28-19-/t21-,27-,30?/m1/s1. The number of para-hydroxylation sites is 1. The van der Waals surface area contributed by atoms with Crippen molar-refractivity contribution in [2.24, 2.45) is 5.92 Å². The van der Waals surface area contributed by atoms with Gasteiger partial charge in [-0.3, -0.25) is 4.79 Å². The molecule has 1 N–H and O–H groups in total. The fourth-order valence-electron chi connectivity index (χ4n) is 4.93. The summed E-state index contributed by atoms with van der Waals surface area (Å²) in [7, 11) is 0. The highest BCUT2D eigenvalue weighted by Crippen LogP contribution is 2.42. The number of nitrogens with one attached hydrogen (secondary N) is 1. The average molecular weight is 503 g/mol. The third kappa shape index (κ3) is 5.76. The number of hydrogen-bond acceptors (Lipinski definition) is 4. The Labute approximate surface area is 216 Å². The highest BCUT2D eigenvalue weighted by atomic mass is 32.2. The molecule has 0 radical (unpaired) electrons. The number of hydrogen-bond donors (Lipinski definition) is 1. The van der Waals surface area contributed by atoms with Crippen molar-refractivity contribution < 1.29 is 13.9 Å². The quantitative estimate of drug-likeness (QED) is 0.344. The van der Waals surface area contributed by atoms with Crippen LogP contribution in [0.5, 0.6) is 5.75 Å². The maximum Gasteiger partial charge on any atom is 0.262 e. The molecule has 1 saturated heterocycles. The lowest BCUT2D eigenvalue weighted by Gasteiger charge is -2.39. The van der Waals surface area contributed by atoms with Crippen LogP contribution in [0.1, 0.15) is 43.7 Å². The van der Waals surface area contributed by atoms with Gasteiger partial charge in [-0.15, -0.1) is 0 Å². The molecular formula is C30H31FN2O2S. The normalized spacial score (nSPS) is 23.2. The Bertz CT molecular complexity index is 1200. The Morgan fingerprint density at radius 3 is 2.44 bits per heavy atom. The largest absolute Gasteiger partial charge is 0.489 e. The van der Waals surface area contributed by atoms with E-state index in [1.54, 1.807) is 23.9 Å². The first-order valence-corrected chi connectivity index (χ1v) is 13.4. The van der Waals surface area contributed by atoms with Gasteiger partial charge in [-0.25, -0.2) is 4.39 Å². The molecule has 2 fully saturated rings. The van der Waals surface area contributed by atoms with Crippen LogP contribution in [0.2, 0.25) is 0 Å². The second-order valence-electron chi connectivity index (χ2n) is 9.51. The molecule has 0 bridgehead atoms. The van der Waals surface area contributed by atoms with Gasteiger partial charge in [0.1, 0.15) is 18.2 Å². The maximum absolute atomic E-state index is 13.7. The van der Waals surface area contributed by atoms with E-state index in [1.165, 1.54) is 25.0 Å². The van der Waals surface area contributed by atoms with Crippen LogP contribution >= 0.6 is 11.8 Å². The van der Waals surface area contributed by atoms with Gasteiger partial charge in [0.25, 0.3) is 5.91 Å². The summed E-state index contributed by atoms with van der Waals surface area (Å²) in [5, 5.41) is 3.58. The predicted octanol–water partition coefficient (Wildman–Crippen LogP) is 7.30. The molecular weight excluding hydrogens is 471 g/mol. The Kier molecular flexibility index (Phi) is 7.61. The van der Waals surface area contributed by atoms with Gasteiger partial charge in [-0.2, -0.15) is 0 Å². The minimum atomic E-state index is -0.256. The number of halogens is 1.